The summed E-state index contributed by atoms with van der Waals surface area (Å²) in [4.78, 5) is 38.0. The monoisotopic (exact) mass is 708 g/mol. The van der Waals surface area contributed by atoms with Crippen LogP contribution in [-0.2, 0) is 28.6 Å². The molecule has 8 nitrogen and oxygen atoms in total. The molecule has 0 saturated carbocycles. The maximum Gasteiger partial charge on any atom is 0.308 e. The van der Waals surface area contributed by atoms with Crippen LogP contribution >= 0.6 is 0 Å². The lowest BCUT2D eigenvalue weighted by Gasteiger charge is -2.19. The van der Waals surface area contributed by atoms with Crippen molar-refractivity contribution >= 4 is 17.9 Å². The summed E-state index contributed by atoms with van der Waals surface area (Å²) < 4.78 is 17.8. The average Bonchev–Trinajstić information content (AvgIpc) is 3.06. The second-order valence-electron chi connectivity index (χ2n) is 14.3. The first-order valence-corrected chi connectivity index (χ1v) is 20.4. The summed E-state index contributed by atoms with van der Waals surface area (Å²) in [7, 11) is 4.01. The third kappa shape index (κ3) is 34.3. The second-order valence-corrected chi connectivity index (χ2v) is 14.3. The van der Waals surface area contributed by atoms with Crippen LogP contribution in [-0.4, -0.2) is 67.1 Å². The van der Waals surface area contributed by atoms with Gasteiger partial charge in [0.05, 0.1) is 6.10 Å². The van der Waals surface area contributed by atoms with E-state index in [1.165, 1.54) is 44.9 Å². The van der Waals surface area contributed by atoms with E-state index in [2.05, 4.69) is 37.0 Å². The molecule has 50 heavy (non-hydrogen) atoms. The summed E-state index contributed by atoms with van der Waals surface area (Å²) in [5.74, 6) is -1.06. The molecule has 8 heteroatoms. The molecular weight excluding hydrogens is 630 g/mol. The van der Waals surface area contributed by atoms with Gasteiger partial charge in [-0.3, -0.25) is 14.4 Å². The number of carbonyl (C=O) groups is 3. The number of carboxylic acids is 1. The van der Waals surface area contributed by atoms with Gasteiger partial charge in [-0.1, -0.05) is 109 Å². The molecule has 292 valence electrons. The van der Waals surface area contributed by atoms with Crippen molar-refractivity contribution in [1.29, 1.82) is 0 Å². The van der Waals surface area contributed by atoms with Crippen molar-refractivity contribution in [3.05, 3.63) is 24.3 Å². The highest BCUT2D eigenvalue weighted by molar-refractivity contribution is 5.70. The van der Waals surface area contributed by atoms with E-state index in [1.807, 2.05) is 27.1 Å². The Morgan fingerprint density at radius 1 is 0.600 bits per heavy atom. The summed E-state index contributed by atoms with van der Waals surface area (Å²) in [5.41, 5.74) is 0. The van der Waals surface area contributed by atoms with Crippen LogP contribution in [0.15, 0.2) is 24.3 Å². The van der Waals surface area contributed by atoms with Gasteiger partial charge >= 0.3 is 17.9 Å². The van der Waals surface area contributed by atoms with Crippen LogP contribution in [0.2, 0.25) is 0 Å². The second kappa shape index (κ2) is 35.2. The predicted octanol–water partition coefficient (Wildman–Crippen LogP) is 11.1. The Bertz CT molecular complexity index is 872. The molecule has 0 aliphatic rings. The zero-order valence-electron chi connectivity index (χ0n) is 33.0. The number of carbonyl (C=O) groups excluding carboxylic acids is 2. The molecule has 0 spiro atoms. The molecule has 0 saturated heterocycles. The van der Waals surface area contributed by atoms with Crippen LogP contribution in [0.25, 0.3) is 0 Å². The van der Waals surface area contributed by atoms with E-state index in [-0.39, 0.29) is 30.6 Å². The molecule has 1 N–H and O–H groups in total. The van der Waals surface area contributed by atoms with E-state index >= 15 is 0 Å². The first-order chi connectivity index (χ1) is 24.2. The molecule has 0 radical (unpaired) electrons. The topological polar surface area (TPSA) is 102 Å². The lowest BCUT2D eigenvalue weighted by Crippen LogP contribution is -2.23. The molecule has 3 unspecified atom stereocenters. The van der Waals surface area contributed by atoms with E-state index in [1.54, 1.807) is 0 Å². The van der Waals surface area contributed by atoms with Gasteiger partial charge in [-0.15, -0.1) is 0 Å². The smallest absolute Gasteiger partial charge is 0.308 e. The lowest BCUT2D eigenvalue weighted by molar-refractivity contribution is -0.172. The highest BCUT2D eigenvalue weighted by Crippen LogP contribution is 2.18. The van der Waals surface area contributed by atoms with Gasteiger partial charge < -0.3 is 24.2 Å². The number of hydrogen-bond donors (Lipinski definition) is 1. The van der Waals surface area contributed by atoms with Crippen LogP contribution in [0, 0.1) is 0 Å². The highest BCUT2D eigenvalue weighted by Gasteiger charge is 2.16. The minimum absolute atomic E-state index is 0.0641. The maximum atomic E-state index is 12.7. The van der Waals surface area contributed by atoms with Gasteiger partial charge in [0.2, 0.25) is 6.29 Å². The fourth-order valence-corrected chi connectivity index (χ4v) is 5.83. The number of ether oxygens (including phenoxy) is 3. The molecule has 0 fully saturated rings. The first kappa shape index (κ1) is 47.8. The fraction of sp³-hybridized carbons (Fsp3) is 0.833. The minimum atomic E-state index is -0.734. The molecule has 0 aromatic carbocycles. The quantitative estimate of drug-likeness (QED) is 0.0297. The van der Waals surface area contributed by atoms with E-state index < -0.39 is 12.3 Å². The van der Waals surface area contributed by atoms with E-state index in [0.717, 1.165) is 109 Å². The number of esters is 2. The Kier molecular flexibility index (Phi) is 33.7. The fourth-order valence-electron chi connectivity index (χ4n) is 5.83. The zero-order chi connectivity index (χ0) is 37.1. The number of nitrogens with zero attached hydrogens (tertiary/aromatic N) is 1. The van der Waals surface area contributed by atoms with Crippen molar-refractivity contribution in [2.24, 2.45) is 0 Å². The number of aliphatic carboxylic acids is 1. The van der Waals surface area contributed by atoms with Crippen molar-refractivity contribution in [2.75, 3.05) is 20.6 Å². The average molecular weight is 708 g/mol. The predicted molar refractivity (Wildman–Crippen MR) is 206 cm³/mol. The molecule has 0 aliphatic heterocycles. The number of allylic oxidation sites excluding steroid dienone is 2. The normalized spacial score (nSPS) is 13.6. The van der Waals surface area contributed by atoms with Crippen molar-refractivity contribution in [3.8, 4) is 0 Å². The van der Waals surface area contributed by atoms with Crippen LogP contribution < -0.4 is 0 Å². The number of carboxylic acid groups (broad SMARTS) is 1. The Balaban J connectivity index is 4.61. The number of unbranched alkanes of at least 4 members (excludes halogenated alkanes) is 16. The Labute approximate surface area is 307 Å². The first-order valence-electron chi connectivity index (χ1n) is 20.4. The van der Waals surface area contributed by atoms with Gasteiger partial charge in [0, 0.05) is 19.3 Å². The lowest BCUT2D eigenvalue weighted by atomic mass is 10.0. The molecule has 0 amide bonds. The zero-order valence-corrected chi connectivity index (χ0v) is 33.0. The summed E-state index contributed by atoms with van der Waals surface area (Å²) in [6.07, 6.45) is 32.2. The Morgan fingerprint density at radius 2 is 1.08 bits per heavy atom. The molecule has 3 atom stereocenters. The van der Waals surface area contributed by atoms with Crippen LogP contribution in [0.3, 0.4) is 0 Å². The van der Waals surface area contributed by atoms with E-state index in [4.69, 9.17) is 19.3 Å². The van der Waals surface area contributed by atoms with Crippen molar-refractivity contribution in [3.63, 3.8) is 0 Å². The van der Waals surface area contributed by atoms with Crippen LogP contribution in [0.5, 0.6) is 0 Å². The Morgan fingerprint density at radius 3 is 1.64 bits per heavy atom. The molecule has 0 aromatic heterocycles. The molecule has 0 aliphatic carbocycles. The van der Waals surface area contributed by atoms with Crippen LogP contribution in [0.1, 0.15) is 188 Å². The number of hydrogen-bond acceptors (Lipinski definition) is 7. The largest absolute Gasteiger partial charge is 0.481 e. The Hall–Kier alpha value is -2.19. The van der Waals surface area contributed by atoms with Gasteiger partial charge in [-0.05, 0) is 104 Å². The summed E-state index contributed by atoms with van der Waals surface area (Å²) >= 11 is 0. The van der Waals surface area contributed by atoms with Gasteiger partial charge in [-0.25, -0.2) is 0 Å². The van der Waals surface area contributed by atoms with Crippen LogP contribution in [0.4, 0.5) is 0 Å². The standard InChI is InChI=1S/C42H77NO7/c1-6-8-10-12-16-22-29-37(3)48-42(35-27-21-13-11-9-7-2)50-41(47)33-26-20-15-18-24-31-38(49-40(46)34-28-36-43(4)5)30-23-17-14-19-25-32-39(44)45/h22,27,29,35,37-38,42H,6-21,23-26,28,30-34,36H2,1-5H3,(H,44,45)/b29-22-,35-27-. The molecular formula is C42H77NO7. The third-order valence-electron chi connectivity index (χ3n) is 8.85. The molecule has 0 rings (SSSR count). The van der Waals surface area contributed by atoms with Gasteiger partial charge in [0.15, 0.2) is 0 Å². The SMILES string of the molecule is CCCCCC/C=C\C(C)OC(/C=C\CCCCCC)OC(=O)CCCCCCCC(CCCCCCCC(=O)O)OC(=O)CCCN(C)C. The maximum absolute atomic E-state index is 12.7. The third-order valence-corrected chi connectivity index (χ3v) is 8.85. The van der Waals surface area contributed by atoms with Crippen molar-refractivity contribution in [1.82, 2.24) is 4.90 Å². The van der Waals surface area contributed by atoms with Crippen molar-refractivity contribution in [2.45, 2.75) is 206 Å². The van der Waals surface area contributed by atoms with E-state index in [0.29, 0.717) is 12.8 Å². The van der Waals surface area contributed by atoms with E-state index in [9.17, 15) is 14.4 Å². The minimum Gasteiger partial charge on any atom is -0.481 e. The van der Waals surface area contributed by atoms with Crippen molar-refractivity contribution < 1.29 is 33.7 Å². The molecule has 0 bridgehead atoms. The summed E-state index contributed by atoms with van der Waals surface area (Å²) in [6.45, 7) is 7.30. The summed E-state index contributed by atoms with van der Waals surface area (Å²) in [5, 5.41) is 8.81. The van der Waals surface area contributed by atoms with Gasteiger partial charge in [0.1, 0.15) is 6.10 Å². The molecule has 0 heterocycles. The highest BCUT2D eigenvalue weighted by atomic mass is 16.7. The van der Waals surface area contributed by atoms with Gasteiger partial charge in [-0.2, -0.15) is 0 Å². The summed E-state index contributed by atoms with van der Waals surface area (Å²) in [6, 6.07) is 0. The number of rotatable bonds is 36. The molecule has 0 aromatic rings. The van der Waals surface area contributed by atoms with Gasteiger partial charge in [0.25, 0.3) is 0 Å².